The second kappa shape index (κ2) is 6.38. The second-order valence-corrected chi connectivity index (χ2v) is 4.99. The molecule has 1 aromatic carbocycles. The molecule has 0 aromatic heterocycles. The zero-order valence-electron chi connectivity index (χ0n) is 11.5. The molecule has 0 bridgehead atoms. The van der Waals surface area contributed by atoms with Crippen molar-refractivity contribution in [3.05, 3.63) is 29.8 Å². The van der Waals surface area contributed by atoms with Crippen LogP contribution < -0.4 is 21.7 Å². The predicted octanol–water partition coefficient (Wildman–Crippen LogP) is 1.11. The van der Waals surface area contributed by atoms with E-state index in [9.17, 15) is 9.59 Å². The minimum Gasteiger partial charge on any atom is -0.348 e. The van der Waals surface area contributed by atoms with Crippen molar-refractivity contribution in [1.82, 2.24) is 10.6 Å². The standard InChI is InChI=1S/C14H20N4O2/c1-9(16-13(19)8-15)10-2-4-11(5-3-10)17-14(20)18-12-6-7-12/h2-5,9,12H,6-8,15H2,1H3,(H,16,19)(H2,17,18,20). The molecular formula is C14H20N4O2. The topological polar surface area (TPSA) is 96.2 Å². The van der Waals surface area contributed by atoms with E-state index >= 15 is 0 Å². The zero-order valence-corrected chi connectivity index (χ0v) is 11.5. The van der Waals surface area contributed by atoms with Crippen molar-refractivity contribution in [3.63, 3.8) is 0 Å². The van der Waals surface area contributed by atoms with Gasteiger partial charge in [0.15, 0.2) is 0 Å². The molecule has 0 radical (unpaired) electrons. The second-order valence-electron chi connectivity index (χ2n) is 4.99. The number of benzene rings is 1. The summed E-state index contributed by atoms with van der Waals surface area (Å²) in [5.41, 5.74) is 6.94. The molecule has 0 heterocycles. The van der Waals surface area contributed by atoms with E-state index in [1.165, 1.54) is 0 Å². The Bertz CT molecular complexity index is 482. The van der Waals surface area contributed by atoms with E-state index < -0.39 is 0 Å². The molecule has 1 unspecified atom stereocenters. The molecule has 1 aromatic rings. The average molecular weight is 276 g/mol. The van der Waals surface area contributed by atoms with Crippen molar-refractivity contribution < 1.29 is 9.59 Å². The average Bonchev–Trinajstić information content (AvgIpc) is 3.23. The Morgan fingerprint density at radius 2 is 1.95 bits per heavy atom. The minimum atomic E-state index is -0.191. The van der Waals surface area contributed by atoms with E-state index in [2.05, 4.69) is 16.0 Å². The van der Waals surface area contributed by atoms with Gasteiger partial charge < -0.3 is 21.7 Å². The smallest absolute Gasteiger partial charge is 0.319 e. The fraction of sp³-hybridized carbons (Fsp3) is 0.429. The lowest BCUT2D eigenvalue weighted by Gasteiger charge is -2.14. The number of hydrogen-bond acceptors (Lipinski definition) is 3. The molecule has 1 saturated carbocycles. The zero-order chi connectivity index (χ0) is 14.5. The highest BCUT2D eigenvalue weighted by atomic mass is 16.2. The van der Waals surface area contributed by atoms with Crippen molar-refractivity contribution in [1.29, 1.82) is 0 Å². The molecule has 6 heteroatoms. The lowest BCUT2D eigenvalue weighted by atomic mass is 10.1. The Hall–Kier alpha value is -2.08. The summed E-state index contributed by atoms with van der Waals surface area (Å²) in [4.78, 5) is 22.8. The van der Waals surface area contributed by atoms with Crippen LogP contribution in [0.5, 0.6) is 0 Å². The van der Waals surface area contributed by atoms with Crippen LogP contribution in [0, 0.1) is 0 Å². The summed E-state index contributed by atoms with van der Waals surface area (Å²) in [7, 11) is 0. The Morgan fingerprint density at radius 1 is 1.30 bits per heavy atom. The largest absolute Gasteiger partial charge is 0.348 e. The Balaban J connectivity index is 1.88. The van der Waals surface area contributed by atoms with Gasteiger partial charge in [-0.1, -0.05) is 12.1 Å². The SMILES string of the molecule is CC(NC(=O)CN)c1ccc(NC(=O)NC2CC2)cc1. The molecule has 1 atom stereocenters. The molecule has 20 heavy (non-hydrogen) atoms. The molecular weight excluding hydrogens is 256 g/mol. The number of nitrogens with two attached hydrogens (primary N) is 1. The number of carbonyl (C=O) groups excluding carboxylic acids is 2. The van der Waals surface area contributed by atoms with Crippen LogP contribution in [-0.2, 0) is 4.79 Å². The van der Waals surface area contributed by atoms with Crippen LogP contribution in [0.1, 0.15) is 31.4 Å². The van der Waals surface area contributed by atoms with Crippen LogP contribution in [-0.4, -0.2) is 24.5 Å². The summed E-state index contributed by atoms with van der Waals surface area (Å²) in [5, 5.41) is 8.40. The van der Waals surface area contributed by atoms with Crippen molar-refractivity contribution in [2.45, 2.75) is 31.8 Å². The van der Waals surface area contributed by atoms with E-state index in [0.717, 1.165) is 24.1 Å². The van der Waals surface area contributed by atoms with Gasteiger partial charge >= 0.3 is 6.03 Å². The summed E-state index contributed by atoms with van der Waals surface area (Å²) in [6.07, 6.45) is 2.12. The number of urea groups is 1. The molecule has 6 nitrogen and oxygen atoms in total. The number of rotatable bonds is 5. The molecule has 5 N–H and O–H groups in total. The van der Waals surface area contributed by atoms with Crippen LogP contribution in [0.25, 0.3) is 0 Å². The van der Waals surface area contributed by atoms with Gasteiger partial charge in [0, 0.05) is 11.7 Å². The molecule has 0 saturated heterocycles. The van der Waals surface area contributed by atoms with Gasteiger partial charge in [-0.3, -0.25) is 4.79 Å². The Kier molecular flexibility index (Phi) is 4.57. The van der Waals surface area contributed by atoms with Gasteiger partial charge in [0.1, 0.15) is 0 Å². The highest BCUT2D eigenvalue weighted by Crippen LogP contribution is 2.19. The van der Waals surface area contributed by atoms with Crippen LogP contribution in [0.3, 0.4) is 0 Å². The summed E-state index contributed by atoms with van der Waals surface area (Å²) in [6.45, 7) is 1.86. The molecule has 108 valence electrons. The highest BCUT2D eigenvalue weighted by molar-refractivity contribution is 5.89. The van der Waals surface area contributed by atoms with Gasteiger partial charge in [-0.05, 0) is 37.5 Å². The van der Waals surface area contributed by atoms with Crippen molar-refractivity contribution >= 4 is 17.6 Å². The van der Waals surface area contributed by atoms with Crippen LogP contribution in [0.15, 0.2) is 24.3 Å². The third-order valence-electron chi connectivity index (χ3n) is 3.14. The van der Waals surface area contributed by atoms with Gasteiger partial charge in [0.25, 0.3) is 0 Å². The summed E-state index contributed by atoms with van der Waals surface area (Å²) in [5.74, 6) is -0.191. The number of hydrogen-bond donors (Lipinski definition) is 4. The first kappa shape index (κ1) is 14.3. The first-order valence-electron chi connectivity index (χ1n) is 6.75. The van der Waals surface area contributed by atoms with E-state index in [1.807, 2.05) is 31.2 Å². The monoisotopic (exact) mass is 276 g/mol. The van der Waals surface area contributed by atoms with Crippen molar-refractivity contribution in [2.24, 2.45) is 5.73 Å². The van der Waals surface area contributed by atoms with Gasteiger partial charge in [0.05, 0.1) is 12.6 Å². The molecule has 2 rings (SSSR count). The maximum atomic E-state index is 11.6. The van der Waals surface area contributed by atoms with Crippen LogP contribution >= 0.6 is 0 Å². The highest BCUT2D eigenvalue weighted by Gasteiger charge is 2.23. The summed E-state index contributed by atoms with van der Waals surface area (Å²) < 4.78 is 0. The normalized spacial score (nSPS) is 15.3. The Morgan fingerprint density at radius 3 is 2.50 bits per heavy atom. The molecule has 1 aliphatic rings. The number of anilines is 1. The van der Waals surface area contributed by atoms with E-state index in [0.29, 0.717) is 6.04 Å². The Labute approximate surface area is 118 Å². The third kappa shape index (κ3) is 4.24. The van der Waals surface area contributed by atoms with E-state index in [-0.39, 0.29) is 24.5 Å². The number of carbonyl (C=O) groups is 2. The van der Waals surface area contributed by atoms with Crippen LogP contribution in [0.2, 0.25) is 0 Å². The van der Waals surface area contributed by atoms with Crippen molar-refractivity contribution in [2.75, 3.05) is 11.9 Å². The predicted molar refractivity (Wildman–Crippen MR) is 77.2 cm³/mol. The maximum absolute atomic E-state index is 11.6. The van der Waals surface area contributed by atoms with Crippen molar-refractivity contribution in [3.8, 4) is 0 Å². The third-order valence-corrected chi connectivity index (χ3v) is 3.14. The molecule has 0 aliphatic heterocycles. The quantitative estimate of drug-likeness (QED) is 0.648. The van der Waals surface area contributed by atoms with Gasteiger partial charge in [-0.2, -0.15) is 0 Å². The summed E-state index contributed by atoms with van der Waals surface area (Å²) in [6, 6.07) is 7.41. The lowest BCUT2D eigenvalue weighted by molar-refractivity contribution is -0.120. The number of nitrogens with one attached hydrogen (secondary N) is 3. The maximum Gasteiger partial charge on any atom is 0.319 e. The fourth-order valence-corrected chi connectivity index (χ4v) is 1.82. The molecule has 1 fully saturated rings. The molecule has 1 aliphatic carbocycles. The summed E-state index contributed by atoms with van der Waals surface area (Å²) >= 11 is 0. The van der Waals surface area contributed by atoms with Crippen LogP contribution in [0.4, 0.5) is 10.5 Å². The number of amides is 3. The first-order chi connectivity index (χ1) is 9.58. The van der Waals surface area contributed by atoms with Gasteiger partial charge in [-0.25, -0.2) is 4.79 Å². The van der Waals surface area contributed by atoms with E-state index in [1.54, 1.807) is 0 Å². The fourth-order valence-electron chi connectivity index (χ4n) is 1.82. The van der Waals surface area contributed by atoms with E-state index in [4.69, 9.17) is 5.73 Å². The molecule has 0 spiro atoms. The first-order valence-corrected chi connectivity index (χ1v) is 6.75. The molecule has 3 amide bonds. The minimum absolute atomic E-state index is 0.0225. The van der Waals surface area contributed by atoms with Gasteiger partial charge in [-0.15, -0.1) is 0 Å². The van der Waals surface area contributed by atoms with Gasteiger partial charge in [0.2, 0.25) is 5.91 Å². The lowest BCUT2D eigenvalue weighted by Crippen LogP contribution is -2.32.